The molecule has 7 nitrogen and oxygen atoms in total. The lowest BCUT2D eigenvalue weighted by Crippen LogP contribution is -2.28. The molecule has 2 N–H and O–H groups in total. The average Bonchev–Trinajstić information content (AvgIpc) is 3.15. The zero-order valence-electron chi connectivity index (χ0n) is 12.2. The number of aliphatic hydroxyl groups is 1. The maximum Gasteiger partial charge on any atom is 0.251 e. The van der Waals surface area contributed by atoms with Crippen LogP contribution in [0.2, 0.25) is 0 Å². The number of carbonyl (C=O) groups is 1. The van der Waals surface area contributed by atoms with Crippen LogP contribution in [0, 0.1) is 0 Å². The third kappa shape index (κ3) is 3.58. The number of carbonyl (C=O) groups excluding carboxylic acids is 1. The van der Waals surface area contributed by atoms with Crippen molar-refractivity contribution in [1.82, 2.24) is 25.1 Å². The van der Waals surface area contributed by atoms with E-state index in [1.165, 1.54) is 23.5 Å². The van der Waals surface area contributed by atoms with Crippen LogP contribution in [-0.2, 0) is 0 Å². The predicted molar refractivity (Wildman–Crippen MR) is 82.9 cm³/mol. The van der Waals surface area contributed by atoms with E-state index in [4.69, 9.17) is 0 Å². The van der Waals surface area contributed by atoms with Gasteiger partial charge in [0.15, 0.2) is 5.82 Å². The molecule has 1 amide bonds. The average molecular weight is 309 g/mol. The van der Waals surface area contributed by atoms with Gasteiger partial charge >= 0.3 is 0 Å². The summed E-state index contributed by atoms with van der Waals surface area (Å²) in [5, 5.41) is 16.8. The fraction of sp³-hybridized carbons (Fsp3) is 0.125. The maximum absolute atomic E-state index is 12.2. The van der Waals surface area contributed by atoms with Gasteiger partial charge in [0.25, 0.3) is 5.91 Å². The molecule has 0 saturated heterocycles. The number of amides is 1. The van der Waals surface area contributed by atoms with Crippen molar-refractivity contribution in [2.24, 2.45) is 0 Å². The standard InChI is InChI=1S/C16H15N5O2/c22-14(12-4-2-1-3-5-12)9-19-16(23)13-6-7-18-15(8-13)21-11-17-10-20-21/h1-8,10-11,14,22H,9H2,(H,19,23)/t14-/m1/s1. The third-order valence-electron chi connectivity index (χ3n) is 3.30. The summed E-state index contributed by atoms with van der Waals surface area (Å²) in [7, 11) is 0. The highest BCUT2D eigenvalue weighted by Crippen LogP contribution is 2.11. The highest BCUT2D eigenvalue weighted by Gasteiger charge is 2.11. The van der Waals surface area contributed by atoms with Gasteiger partial charge in [-0.05, 0) is 17.7 Å². The first-order valence-corrected chi connectivity index (χ1v) is 7.06. The summed E-state index contributed by atoms with van der Waals surface area (Å²) in [6, 6.07) is 12.4. The Hall–Kier alpha value is -3.06. The minimum absolute atomic E-state index is 0.129. The van der Waals surface area contributed by atoms with Crippen LogP contribution in [0.25, 0.3) is 5.82 Å². The van der Waals surface area contributed by atoms with Crippen LogP contribution < -0.4 is 5.32 Å². The zero-order valence-corrected chi connectivity index (χ0v) is 12.2. The molecule has 0 aliphatic carbocycles. The molecule has 0 unspecified atom stereocenters. The number of nitrogens with zero attached hydrogens (tertiary/aromatic N) is 4. The molecule has 3 rings (SSSR count). The highest BCUT2D eigenvalue weighted by molar-refractivity contribution is 5.94. The van der Waals surface area contributed by atoms with Crippen molar-refractivity contribution >= 4 is 5.91 Å². The van der Waals surface area contributed by atoms with Crippen molar-refractivity contribution in [3.8, 4) is 5.82 Å². The summed E-state index contributed by atoms with van der Waals surface area (Å²) in [6.07, 6.45) is 3.67. The number of nitrogens with one attached hydrogen (secondary N) is 1. The second kappa shape index (κ2) is 6.80. The van der Waals surface area contributed by atoms with Crippen molar-refractivity contribution in [3.63, 3.8) is 0 Å². The molecule has 23 heavy (non-hydrogen) atoms. The van der Waals surface area contributed by atoms with Gasteiger partial charge in [0.2, 0.25) is 0 Å². The zero-order chi connectivity index (χ0) is 16.1. The minimum Gasteiger partial charge on any atom is -0.387 e. The number of pyridine rings is 1. The Kier molecular flexibility index (Phi) is 4.39. The van der Waals surface area contributed by atoms with Crippen LogP contribution in [-0.4, -0.2) is 37.3 Å². The smallest absolute Gasteiger partial charge is 0.251 e. The van der Waals surface area contributed by atoms with Crippen LogP contribution in [0.1, 0.15) is 22.0 Å². The first-order chi connectivity index (χ1) is 11.2. The molecule has 0 bridgehead atoms. The van der Waals surface area contributed by atoms with E-state index in [0.717, 1.165) is 5.56 Å². The van der Waals surface area contributed by atoms with Crippen molar-refractivity contribution in [1.29, 1.82) is 0 Å². The first-order valence-electron chi connectivity index (χ1n) is 7.06. The van der Waals surface area contributed by atoms with Crippen LogP contribution in [0.4, 0.5) is 0 Å². The van der Waals surface area contributed by atoms with E-state index in [1.54, 1.807) is 12.1 Å². The van der Waals surface area contributed by atoms with E-state index in [2.05, 4.69) is 20.4 Å². The number of aromatic nitrogens is 4. The van der Waals surface area contributed by atoms with Crippen molar-refractivity contribution < 1.29 is 9.90 Å². The molecule has 3 aromatic rings. The fourth-order valence-electron chi connectivity index (χ4n) is 2.10. The Morgan fingerprint density at radius 1 is 1.26 bits per heavy atom. The van der Waals surface area contributed by atoms with Gasteiger partial charge in [0.1, 0.15) is 12.7 Å². The molecule has 0 aliphatic rings. The topological polar surface area (TPSA) is 92.9 Å². The Balaban J connectivity index is 1.66. The maximum atomic E-state index is 12.2. The summed E-state index contributed by atoms with van der Waals surface area (Å²) in [5.41, 5.74) is 1.19. The van der Waals surface area contributed by atoms with E-state index in [0.29, 0.717) is 11.4 Å². The Morgan fingerprint density at radius 3 is 2.83 bits per heavy atom. The van der Waals surface area contributed by atoms with Gasteiger partial charge in [-0.3, -0.25) is 4.79 Å². The van der Waals surface area contributed by atoms with E-state index in [1.807, 2.05) is 30.3 Å². The minimum atomic E-state index is -0.753. The molecule has 0 spiro atoms. The summed E-state index contributed by atoms with van der Waals surface area (Å²) < 4.78 is 1.47. The number of aliphatic hydroxyl groups excluding tert-OH is 1. The fourth-order valence-corrected chi connectivity index (χ4v) is 2.10. The van der Waals surface area contributed by atoms with Crippen molar-refractivity contribution in [2.45, 2.75) is 6.10 Å². The molecule has 0 saturated carbocycles. The second-order valence-electron chi connectivity index (χ2n) is 4.88. The summed E-state index contributed by atoms with van der Waals surface area (Å²) in [4.78, 5) is 20.2. The summed E-state index contributed by atoms with van der Waals surface area (Å²) in [5.74, 6) is 0.211. The van der Waals surface area contributed by atoms with Crippen LogP contribution in [0.3, 0.4) is 0 Å². The van der Waals surface area contributed by atoms with Gasteiger partial charge in [-0.25, -0.2) is 14.6 Å². The molecule has 2 aromatic heterocycles. The molecule has 116 valence electrons. The third-order valence-corrected chi connectivity index (χ3v) is 3.30. The van der Waals surface area contributed by atoms with Gasteiger partial charge < -0.3 is 10.4 Å². The lowest BCUT2D eigenvalue weighted by Gasteiger charge is -2.12. The number of rotatable bonds is 5. The van der Waals surface area contributed by atoms with Gasteiger partial charge in [-0.15, -0.1) is 0 Å². The lowest BCUT2D eigenvalue weighted by atomic mass is 10.1. The number of hydrogen-bond donors (Lipinski definition) is 2. The number of hydrogen-bond acceptors (Lipinski definition) is 5. The quantitative estimate of drug-likeness (QED) is 0.737. The SMILES string of the molecule is O=C(NC[C@@H](O)c1ccccc1)c1ccnc(-n2cncn2)c1. The van der Waals surface area contributed by atoms with Crippen molar-refractivity contribution in [2.75, 3.05) is 6.54 Å². The first kappa shape index (κ1) is 14.9. The number of benzene rings is 1. The molecule has 0 aliphatic heterocycles. The van der Waals surface area contributed by atoms with E-state index in [-0.39, 0.29) is 12.5 Å². The molecule has 0 fully saturated rings. The predicted octanol–water partition coefficient (Wildman–Crippen LogP) is 1.13. The van der Waals surface area contributed by atoms with Gasteiger partial charge in [0.05, 0.1) is 6.10 Å². The highest BCUT2D eigenvalue weighted by atomic mass is 16.3. The molecule has 1 aromatic carbocycles. The van der Waals surface area contributed by atoms with Crippen LogP contribution in [0.5, 0.6) is 0 Å². The largest absolute Gasteiger partial charge is 0.387 e. The second-order valence-corrected chi connectivity index (χ2v) is 4.88. The Morgan fingerprint density at radius 2 is 2.09 bits per heavy atom. The van der Waals surface area contributed by atoms with E-state index >= 15 is 0 Å². The van der Waals surface area contributed by atoms with E-state index < -0.39 is 6.10 Å². The van der Waals surface area contributed by atoms with Gasteiger partial charge in [-0.1, -0.05) is 30.3 Å². The van der Waals surface area contributed by atoms with Gasteiger partial charge in [-0.2, -0.15) is 5.10 Å². The summed E-state index contributed by atoms with van der Waals surface area (Å²) in [6.45, 7) is 0.129. The molecular weight excluding hydrogens is 294 g/mol. The molecule has 2 heterocycles. The normalized spacial score (nSPS) is 11.9. The molecule has 7 heteroatoms. The van der Waals surface area contributed by atoms with Crippen LogP contribution in [0.15, 0.2) is 61.3 Å². The molecule has 0 radical (unpaired) electrons. The lowest BCUT2D eigenvalue weighted by molar-refractivity contribution is 0.0916. The summed E-state index contributed by atoms with van der Waals surface area (Å²) >= 11 is 0. The molecule has 1 atom stereocenters. The molecular formula is C16H15N5O2. The monoisotopic (exact) mass is 309 g/mol. The van der Waals surface area contributed by atoms with Gasteiger partial charge in [0, 0.05) is 18.3 Å². The van der Waals surface area contributed by atoms with E-state index in [9.17, 15) is 9.90 Å². The Labute approximate surface area is 132 Å². The van der Waals surface area contributed by atoms with Crippen LogP contribution >= 0.6 is 0 Å². The van der Waals surface area contributed by atoms with Crippen molar-refractivity contribution in [3.05, 3.63) is 72.4 Å². The Bertz CT molecular complexity index is 774.